The van der Waals surface area contributed by atoms with Gasteiger partial charge in [-0.1, -0.05) is 43.2 Å². The van der Waals surface area contributed by atoms with E-state index in [-0.39, 0.29) is 23.9 Å². The van der Waals surface area contributed by atoms with Crippen molar-refractivity contribution in [1.29, 1.82) is 0 Å². The van der Waals surface area contributed by atoms with E-state index in [9.17, 15) is 4.79 Å². The lowest BCUT2D eigenvalue weighted by Crippen LogP contribution is -2.44. The summed E-state index contributed by atoms with van der Waals surface area (Å²) in [7, 11) is 1.87. The molecule has 1 aromatic rings. The lowest BCUT2D eigenvalue weighted by atomic mass is 9.88. The van der Waals surface area contributed by atoms with Gasteiger partial charge < -0.3 is 10.6 Å². The second-order valence-electron chi connectivity index (χ2n) is 5.06. The predicted octanol–water partition coefficient (Wildman–Crippen LogP) is 2.60. The van der Waals surface area contributed by atoms with E-state index in [1.807, 2.05) is 13.1 Å². The Morgan fingerprint density at radius 2 is 1.84 bits per heavy atom. The third kappa shape index (κ3) is 3.95. The molecular formula is C15H23ClN2O. The number of nitrogens with one attached hydrogen (secondary N) is 2. The van der Waals surface area contributed by atoms with Gasteiger partial charge >= 0.3 is 0 Å². The van der Waals surface area contributed by atoms with Crippen molar-refractivity contribution in [3.8, 4) is 0 Å². The van der Waals surface area contributed by atoms with E-state index < -0.39 is 0 Å². The Hall–Kier alpha value is -1.06. The highest BCUT2D eigenvalue weighted by molar-refractivity contribution is 5.85. The van der Waals surface area contributed by atoms with Crippen LogP contribution in [0.15, 0.2) is 30.3 Å². The quantitative estimate of drug-likeness (QED) is 0.872. The summed E-state index contributed by atoms with van der Waals surface area (Å²) in [4.78, 5) is 12.0. The number of rotatable bonds is 5. The fraction of sp³-hybridized carbons (Fsp3) is 0.533. The first-order chi connectivity index (χ1) is 8.77. The Labute approximate surface area is 121 Å². The van der Waals surface area contributed by atoms with Crippen molar-refractivity contribution in [2.75, 3.05) is 13.6 Å². The van der Waals surface area contributed by atoms with Gasteiger partial charge in [0.25, 0.3) is 0 Å². The van der Waals surface area contributed by atoms with Crippen LogP contribution in [0, 0.1) is 0 Å². The minimum atomic E-state index is -0.119. The summed E-state index contributed by atoms with van der Waals surface area (Å²) in [6.07, 6.45) is 5.05. The topological polar surface area (TPSA) is 41.1 Å². The van der Waals surface area contributed by atoms with Crippen molar-refractivity contribution in [2.45, 2.75) is 37.6 Å². The second-order valence-corrected chi connectivity index (χ2v) is 5.06. The van der Waals surface area contributed by atoms with E-state index >= 15 is 0 Å². The van der Waals surface area contributed by atoms with Crippen LogP contribution in [-0.4, -0.2) is 19.5 Å². The maximum Gasteiger partial charge on any atom is 0.221 e. The minimum absolute atomic E-state index is 0. The van der Waals surface area contributed by atoms with Gasteiger partial charge in [-0.25, -0.2) is 0 Å². The van der Waals surface area contributed by atoms with Crippen molar-refractivity contribution in [3.05, 3.63) is 35.9 Å². The molecule has 0 aliphatic heterocycles. The van der Waals surface area contributed by atoms with E-state index in [0.29, 0.717) is 6.42 Å². The molecule has 2 N–H and O–H groups in total. The van der Waals surface area contributed by atoms with Gasteiger partial charge in [-0.2, -0.15) is 0 Å². The molecule has 0 bridgehead atoms. The van der Waals surface area contributed by atoms with E-state index in [0.717, 1.165) is 19.4 Å². The monoisotopic (exact) mass is 282 g/mol. The van der Waals surface area contributed by atoms with Gasteiger partial charge in [-0.3, -0.25) is 4.79 Å². The molecule has 0 aromatic heterocycles. The Morgan fingerprint density at radius 1 is 1.21 bits per heavy atom. The zero-order valence-electron chi connectivity index (χ0n) is 11.4. The van der Waals surface area contributed by atoms with E-state index in [4.69, 9.17) is 0 Å². The maximum atomic E-state index is 12.0. The van der Waals surface area contributed by atoms with Crippen LogP contribution < -0.4 is 10.6 Å². The third-order valence-corrected chi connectivity index (χ3v) is 3.76. The van der Waals surface area contributed by atoms with E-state index in [2.05, 4.69) is 34.9 Å². The molecule has 2 rings (SSSR count). The van der Waals surface area contributed by atoms with Crippen LogP contribution in [-0.2, 0) is 10.3 Å². The molecule has 1 saturated carbocycles. The van der Waals surface area contributed by atoms with Gasteiger partial charge in [0.05, 0.1) is 5.54 Å². The van der Waals surface area contributed by atoms with Gasteiger partial charge in [0.15, 0.2) is 0 Å². The van der Waals surface area contributed by atoms with Gasteiger partial charge in [0, 0.05) is 13.0 Å². The molecule has 0 saturated heterocycles. The summed E-state index contributed by atoms with van der Waals surface area (Å²) in [5.41, 5.74) is 1.13. The zero-order valence-corrected chi connectivity index (χ0v) is 12.3. The highest BCUT2D eigenvalue weighted by Gasteiger charge is 2.36. The number of carbonyl (C=O) groups excluding carboxylic acids is 1. The second kappa shape index (κ2) is 7.51. The number of hydrogen-bond donors (Lipinski definition) is 2. The lowest BCUT2D eigenvalue weighted by Gasteiger charge is -2.31. The largest absolute Gasteiger partial charge is 0.347 e. The molecule has 0 atom stereocenters. The zero-order chi connectivity index (χ0) is 12.8. The first-order valence-electron chi connectivity index (χ1n) is 6.78. The number of carbonyl (C=O) groups is 1. The van der Waals surface area contributed by atoms with Gasteiger partial charge in [0.1, 0.15) is 0 Å². The average molecular weight is 283 g/mol. The van der Waals surface area contributed by atoms with Crippen LogP contribution >= 0.6 is 12.4 Å². The molecule has 1 aliphatic carbocycles. The van der Waals surface area contributed by atoms with Gasteiger partial charge in [-0.05, 0) is 25.5 Å². The standard InChI is InChI=1S/C15H22N2O.ClH/c1-16-12-9-14(18)17-15(10-5-6-11-15)13-7-3-2-4-8-13;/h2-4,7-8,16H,5-6,9-12H2,1H3,(H,17,18);1H. The normalized spacial score (nSPS) is 16.7. The first-order valence-corrected chi connectivity index (χ1v) is 6.78. The molecule has 1 fully saturated rings. The molecule has 1 amide bonds. The Balaban J connectivity index is 0.00000180. The fourth-order valence-corrected chi connectivity index (χ4v) is 2.79. The van der Waals surface area contributed by atoms with Crippen molar-refractivity contribution in [3.63, 3.8) is 0 Å². The molecule has 0 unspecified atom stereocenters. The van der Waals surface area contributed by atoms with Crippen LogP contribution in [0.4, 0.5) is 0 Å². The Kier molecular flexibility index (Phi) is 6.32. The van der Waals surface area contributed by atoms with Gasteiger partial charge in [-0.15, -0.1) is 12.4 Å². The third-order valence-electron chi connectivity index (χ3n) is 3.76. The molecule has 3 nitrogen and oxygen atoms in total. The van der Waals surface area contributed by atoms with Crippen molar-refractivity contribution in [1.82, 2.24) is 10.6 Å². The highest BCUT2D eigenvalue weighted by Crippen LogP contribution is 2.38. The number of benzene rings is 1. The predicted molar refractivity (Wildman–Crippen MR) is 80.5 cm³/mol. The SMILES string of the molecule is CNCCC(=O)NC1(c2ccccc2)CCCC1.Cl. The molecule has 0 radical (unpaired) electrons. The molecule has 0 spiro atoms. The van der Waals surface area contributed by atoms with Crippen molar-refractivity contribution < 1.29 is 4.79 Å². The van der Waals surface area contributed by atoms with Crippen molar-refractivity contribution in [2.24, 2.45) is 0 Å². The summed E-state index contributed by atoms with van der Waals surface area (Å²) in [6.45, 7) is 0.733. The molecule has 19 heavy (non-hydrogen) atoms. The highest BCUT2D eigenvalue weighted by atomic mass is 35.5. The molecule has 1 aromatic carbocycles. The number of halogens is 1. The molecule has 4 heteroatoms. The van der Waals surface area contributed by atoms with Crippen LogP contribution in [0.2, 0.25) is 0 Å². The summed E-state index contributed by atoms with van der Waals surface area (Å²) in [5.74, 6) is 0.148. The molecule has 1 aliphatic rings. The molecular weight excluding hydrogens is 260 g/mol. The lowest BCUT2D eigenvalue weighted by molar-refractivity contribution is -0.123. The smallest absolute Gasteiger partial charge is 0.221 e. The fourth-order valence-electron chi connectivity index (χ4n) is 2.79. The van der Waals surface area contributed by atoms with E-state index in [1.165, 1.54) is 18.4 Å². The van der Waals surface area contributed by atoms with Crippen LogP contribution in [0.25, 0.3) is 0 Å². The number of hydrogen-bond acceptors (Lipinski definition) is 2. The van der Waals surface area contributed by atoms with Crippen LogP contribution in [0.3, 0.4) is 0 Å². The Morgan fingerprint density at radius 3 is 2.42 bits per heavy atom. The van der Waals surface area contributed by atoms with Gasteiger partial charge in [0.2, 0.25) is 5.91 Å². The van der Waals surface area contributed by atoms with Crippen LogP contribution in [0.5, 0.6) is 0 Å². The average Bonchev–Trinajstić information content (AvgIpc) is 2.87. The Bertz CT molecular complexity index is 388. The van der Waals surface area contributed by atoms with Crippen molar-refractivity contribution >= 4 is 18.3 Å². The molecule has 106 valence electrons. The summed E-state index contributed by atoms with van der Waals surface area (Å²) in [5, 5.41) is 6.28. The first kappa shape index (κ1) is 16.0. The van der Waals surface area contributed by atoms with Crippen LogP contribution in [0.1, 0.15) is 37.7 Å². The number of amides is 1. The van der Waals surface area contributed by atoms with E-state index in [1.54, 1.807) is 0 Å². The summed E-state index contributed by atoms with van der Waals surface area (Å²) < 4.78 is 0. The maximum absolute atomic E-state index is 12.0. The summed E-state index contributed by atoms with van der Waals surface area (Å²) >= 11 is 0. The molecule has 0 heterocycles. The minimum Gasteiger partial charge on any atom is -0.347 e. The summed E-state index contributed by atoms with van der Waals surface area (Å²) in [6, 6.07) is 10.4.